The van der Waals surface area contributed by atoms with Crippen LogP contribution in [0.1, 0.15) is 27.9 Å². The summed E-state index contributed by atoms with van der Waals surface area (Å²) in [5.41, 5.74) is -1.10. The van der Waals surface area contributed by atoms with Crippen molar-refractivity contribution >= 4 is 12.1 Å². The van der Waals surface area contributed by atoms with Crippen LogP contribution in [0, 0.1) is 17.0 Å². The lowest BCUT2D eigenvalue weighted by atomic mass is 10.1. The zero-order valence-electron chi connectivity index (χ0n) is 7.61. The zero-order chi connectivity index (χ0) is 11.6. The van der Waals surface area contributed by atoms with E-state index in [0.717, 1.165) is 6.20 Å². The van der Waals surface area contributed by atoms with Crippen molar-refractivity contribution in [2.45, 2.75) is 13.3 Å². The van der Waals surface area contributed by atoms with Gasteiger partial charge in [0.05, 0.1) is 0 Å². The van der Waals surface area contributed by atoms with Gasteiger partial charge in [-0.3, -0.25) is 4.79 Å². The van der Waals surface area contributed by atoms with Crippen molar-refractivity contribution < 1.29 is 18.5 Å². The molecule has 0 saturated carbocycles. The van der Waals surface area contributed by atoms with Crippen LogP contribution in [-0.4, -0.2) is 16.2 Å². The molecule has 1 rings (SSSR count). The van der Waals surface area contributed by atoms with Gasteiger partial charge in [0, 0.05) is 11.1 Å². The molecule has 0 aliphatic rings. The molecule has 0 spiro atoms. The molecule has 0 aliphatic carbocycles. The number of pyridine rings is 1. The SMILES string of the molecule is Cc1cnc([N+](=O)[O-])c(C(F)F)c1C=O. The van der Waals surface area contributed by atoms with Crippen LogP contribution in [0.5, 0.6) is 0 Å². The fraction of sp³-hybridized carbons (Fsp3) is 0.250. The molecular weight excluding hydrogens is 210 g/mol. The van der Waals surface area contributed by atoms with Crippen molar-refractivity contribution in [3.63, 3.8) is 0 Å². The molecule has 0 atom stereocenters. The minimum absolute atomic E-state index is 0.172. The van der Waals surface area contributed by atoms with Crippen molar-refractivity contribution in [2.75, 3.05) is 0 Å². The number of aryl methyl sites for hydroxylation is 1. The van der Waals surface area contributed by atoms with Crippen molar-refractivity contribution in [1.82, 2.24) is 4.98 Å². The van der Waals surface area contributed by atoms with E-state index in [-0.39, 0.29) is 17.4 Å². The van der Waals surface area contributed by atoms with Crippen LogP contribution in [0.15, 0.2) is 6.20 Å². The molecule has 80 valence electrons. The number of carbonyl (C=O) groups excluding carboxylic acids is 1. The predicted octanol–water partition coefficient (Wildman–Crippen LogP) is 2.05. The second kappa shape index (κ2) is 4.07. The molecular formula is C8H6F2N2O3. The molecule has 5 nitrogen and oxygen atoms in total. The summed E-state index contributed by atoms with van der Waals surface area (Å²) >= 11 is 0. The van der Waals surface area contributed by atoms with E-state index in [1.54, 1.807) is 0 Å². The first-order valence-corrected chi connectivity index (χ1v) is 3.86. The van der Waals surface area contributed by atoms with Gasteiger partial charge in [-0.2, -0.15) is 0 Å². The van der Waals surface area contributed by atoms with E-state index < -0.39 is 22.7 Å². The molecule has 0 amide bonds. The molecule has 1 heterocycles. The highest BCUT2D eigenvalue weighted by Gasteiger charge is 2.28. The highest BCUT2D eigenvalue weighted by atomic mass is 19.3. The standard InChI is InChI=1S/C8H6F2N2O3/c1-4-2-11-8(12(14)15)6(7(9)10)5(4)3-13/h2-3,7H,1H3. The Balaban J connectivity index is 3.56. The third-order valence-electron chi connectivity index (χ3n) is 1.85. The first kappa shape index (κ1) is 11.2. The normalized spacial score (nSPS) is 10.4. The first-order valence-electron chi connectivity index (χ1n) is 3.86. The minimum Gasteiger partial charge on any atom is -0.358 e. The first-order chi connectivity index (χ1) is 6.99. The van der Waals surface area contributed by atoms with E-state index >= 15 is 0 Å². The Bertz CT molecular complexity index is 421. The number of nitrogens with zero attached hydrogens (tertiary/aromatic N) is 2. The van der Waals surface area contributed by atoms with E-state index in [1.807, 2.05) is 0 Å². The van der Waals surface area contributed by atoms with Crippen molar-refractivity contribution in [1.29, 1.82) is 0 Å². The van der Waals surface area contributed by atoms with Gasteiger partial charge in [-0.05, 0) is 16.8 Å². The third-order valence-corrected chi connectivity index (χ3v) is 1.85. The number of hydrogen-bond acceptors (Lipinski definition) is 4. The second-order valence-electron chi connectivity index (χ2n) is 2.77. The van der Waals surface area contributed by atoms with Gasteiger partial charge < -0.3 is 10.1 Å². The van der Waals surface area contributed by atoms with E-state index in [4.69, 9.17) is 0 Å². The van der Waals surface area contributed by atoms with Gasteiger partial charge >= 0.3 is 5.82 Å². The molecule has 0 bridgehead atoms. The van der Waals surface area contributed by atoms with Gasteiger partial charge in [-0.1, -0.05) is 0 Å². The zero-order valence-corrected chi connectivity index (χ0v) is 7.61. The van der Waals surface area contributed by atoms with Gasteiger partial charge in [0.25, 0.3) is 6.43 Å². The summed E-state index contributed by atoms with van der Waals surface area (Å²) in [6, 6.07) is 0. The van der Waals surface area contributed by atoms with E-state index in [1.165, 1.54) is 6.92 Å². The molecule has 0 unspecified atom stereocenters. The van der Waals surface area contributed by atoms with Gasteiger partial charge in [0.1, 0.15) is 11.8 Å². The lowest BCUT2D eigenvalue weighted by molar-refractivity contribution is -0.391. The lowest BCUT2D eigenvalue weighted by Gasteiger charge is -2.05. The van der Waals surface area contributed by atoms with Gasteiger partial charge in [-0.15, -0.1) is 0 Å². The van der Waals surface area contributed by atoms with Gasteiger partial charge in [0.15, 0.2) is 6.29 Å². The molecule has 1 aromatic rings. The summed E-state index contributed by atoms with van der Waals surface area (Å²) in [5, 5.41) is 10.4. The largest absolute Gasteiger partial charge is 0.373 e. The molecule has 0 N–H and O–H groups in total. The number of rotatable bonds is 3. The van der Waals surface area contributed by atoms with E-state index in [9.17, 15) is 23.7 Å². The summed E-state index contributed by atoms with van der Waals surface area (Å²) < 4.78 is 25.0. The van der Waals surface area contributed by atoms with E-state index in [0.29, 0.717) is 0 Å². The smallest absolute Gasteiger partial charge is 0.358 e. The maximum Gasteiger partial charge on any atom is 0.373 e. The number of aromatic nitrogens is 1. The number of halogens is 2. The third kappa shape index (κ3) is 1.95. The van der Waals surface area contributed by atoms with Crippen LogP contribution in [0.2, 0.25) is 0 Å². The average Bonchev–Trinajstić information content (AvgIpc) is 2.16. The van der Waals surface area contributed by atoms with Crippen molar-refractivity contribution in [3.8, 4) is 0 Å². The van der Waals surface area contributed by atoms with Crippen LogP contribution in [0.4, 0.5) is 14.6 Å². The quantitative estimate of drug-likeness (QED) is 0.440. The van der Waals surface area contributed by atoms with Crippen molar-refractivity contribution in [3.05, 3.63) is 33.0 Å². The summed E-state index contributed by atoms with van der Waals surface area (Å²) in [5.74, 6) is -0.974. The Labute approximate surface area is 82.9 Å². The highest BCUT2D eigenvalue weighted by molar-refractivity contribution is 5.81. The highest BCUT2D eigenvalue weighted by Crippen LogP contribution is 2.30. The topological polar surface area (TPSA) is 73.1 Å². The van der Waals surface area contributed by atoms with Crippen LogP contribution in [0.3, 0.4) is 0 Å². The predicted molar refractivity (Wildman–Crippen MR) is 46.0 cm³/mol. The number of hydrogen-bond donors (Lipinski definition) is 0. The van der Waals surface area contributed by atoms with E-state index in [2.05, 4.69) is 4.98 Å². The Morgan fingerprint density at radius 3 is 2.60 bits per heavy atom. The minimum atomic E-state index is -3.10. The molecule has 0 fully saturated rings. The molecule has 7 heteroatoms. The Hall–Kier alpha value is -1.92. The Morgan fingerprint density at radius 2 is 2.20 bits per heavy atom. The summed E-state index contributed by atoms with van der Waals surface area (Å²) in [4.78, 5) is 23.2. The van der Waals surface area contributed by atoms with Crippen LogP contribution >= 0.6 is 0 Å². The molecule has 0 radical (unpaired) electrons. The monoisotopic (exact) mass is 216 g/mol. The van der Waals surface area contributed by atoms with Crippen molar-refractivity contribution in [2.24, 2.45) is 0 Å². The molecule has 0 aromatic carbocycles. The fourth-order valence-corrected chi connectivity index (χ4v) is 1.15. The molecule has 15 heavy (non-hydrogen) atoms. The van der Waals surface area contributed by atoms with Gasteiger partial charge in [-0.25, -0.2) is 8.78 Å². The van der Waals surface area contributed by atoms with Crippen LogP contribution < -0.4 is 0 Å². The Kier molecular flexibility index (Phi) is 3.03. The molecule has 1 aromatic heterocycles. The molecule has 0 saturated heterocycles. The second-order valence-corrected chi connectivity index (χ2v) is 2.77. The summed E-state index contributed by atoms with van der Waals surface area (Å²) in [7, 11) is 0. The molecule has 0 aliphatic heterocycles. The lowest BCUT2D eigenvalue weighted by Crippen LogP contribution is -2.05. The fourth-order valence-electron chi connectivity index (χ4n) is 1.15. The maximum absolute atomic E-state index is 12.5. The number of carbonyl (C=O) groups is 1. The van der Waals surface area contributed by atoms with Crippen LogP contribution in [-0.2, 0) is 0 Å². The maximum atomic E-state index is 12.5. The summed E-state index contributed by atoms with van der Waals surface area (Å²) in [6.07, 6.45) is -1.91. The average molecular weight is 216 g/mol. The number of alkyl halides is 2. The van der Waals surface area contributed by atoms with Gasteiger partial charge in [0.2, 0.25) is 0 Å². The van der Waals surface area contributed by atoms with Crippen LogP contribution in [0.25, 0.3) is 0 Å². The number of nitro groups is 1. The summed E-state index contributed by atoms with van der Waals surface area (Å²) in [6.45, 7) is 1.38. The Morgan fingerprint density at radius 1 is 1.60 bits per heavy atom. The number of aldehydes is 1.